The van der Waals surface area contributed by atoms with Crippen LogP contribution in [0.5, 0.6) is 0 Å². The van der Waals surface area contributed by atoms with Gasteiger partial charge in [-0.15, -0.1) is 0 Å². The smallest absolute Gasteiger partial charge is 0.150 e. The first kappa shape index (κ1) is 14.0. The van der Waals surface area contributed by atoms with Crippen molar-refractivity contribution in [3.8, 4) is 0 Å². The Labute approximate surface area is 99.9 Å². The molecule has 1 heterocycles. The highest BCUT2D eigenvalue weighted by Crippen LogP contribution is 2.28. The van der Waals surface area contributed by atoms with Crippen LogP contribution in [-0.2, 0) is 9.84 Å². The van der Waals surface area contributed by atoms with E-state index in [1.807, 2.05) is 0 Å². The van der Waals surface area contributed by atoms with Crippen LogP contribution in [-0.4, -0.2) is 32.5 Å². The van der Waals surface area contributed by atoms with Crippen molar-refractivity contribution in [1.82, 2.24) is 5.32 Å². The van der Waals surface area contributed by atoms with E-state index in [2.05, 4.69) is 26.1 Å². The minimum absolute atomic E-state index is 0.329. The summed E-state index contributed by atoms with van der Waals surface area (Å²) in [5.74, 6) is 1.72. The monoisotopic (exact) mass is 247 g/mol. The highest BCUT2D eigenvalue weighted by atomic mass is 32.2. The fourth-order valence-corrected chi connectivity index (χ4v) is 4.71. The van der Waals surface area contributed by atoms with Gasteiger partial charge in [0.05, 0.1) is 11.5 Å². The van der Waals surface area contributed by atoms with E-state index >= 15 is 0 Å². The Kier molecular flexibility index (Phi) is 5.25. The van der Waals surface area contributed by atoms with Crippen molar-refractivity contribution in [2.24, 2.45) is 11.8 Å². The number of sulfone groups is 1. The first-order valence-electron chi connectivity index (χ1n) is 6.47. The second kappa shape index (κ2) is 6.01. The van der Waals surface area contributed by atoms with Crippen molar-refractivity contribution in [2.75, 3.05) is 18.1 Å². The molecule has 3 nitrogen and oxygen atoms in total. The third kappa shape index (κ3) is 3.45. The maximum Gasteiger partial charge on any atom is 0.150 e. The second-order valence-corrected chi connectivity index (χ2v) is 7.05. The van der Waals surface area contributed by atoms with Gasteiger partial charge in [-0.05, 0) is 24.8 Å². The molecule has 1 rings (SSSR count). The lowest BCUT2D eigenvalue weighted by Gasteiger charge is -2.30. The summed E-state index contributed by atoms with van der Waals surface area (Å²) >= 11 is 0. The summed E-state index contributed by atoms with van der Waals surface area (Å²) in [5.41, 5.74) is 0. The first-order valence-corrected chi connectivity index (χ1v) is 8.30. The Hall–Kier alpha value is -0.0900. The molecule has 16 heavy (non-hydrogen) atoms. The molecule has 1 saturated heterocycles. The third-order valence-electron chi connectivity index (χ3n) is 3.77. The normalized spacial score (nSPS) is 26.1. The number of hydrogen-bond donors (Lipinski definition) is 1. The summed E-state index contributed by atoms with van der Waals surface area (Å²) in [7, 11) is -2.75. The van der Waals surface area contributed by atoms with E-state index in [9.17, 15) is 8.42 Å². The van der Waals surface area contributed by atoms with Crippen LogP contribution in [0.15, 0.2) is 0 Å². The van der Waals surface area contributed by atoms with Crippen molar-refractivity contribution >= 4 is 9.84 Å². The average Bonchev–Trinajstić information content (AvgIpc) is 2.59. The molecule has 0 saturated carbocycles. The number of nitrogens with one attached hydrogen (secondary N) is 1. The quantitative estimate of drug-likeness (QED) is 0.779. The zero-order chi connectivity index (χ0) is 12.2. The van der Waals surface area contributed by atoms with Gasteiger partial charge in [0, 0.05) is 6.04 Å². The van der Waals surface area contributed by atoms with Gasteiger partial charge in [-0.1, -0.05) is 33.6 Å². The van der Waals surface area contributed by atoms with Crippen LogP contribution in [0, 0.1) is 11.8 Å². The van der Waals surface area contributed by atoms with Gasteiger partial charge >= 0.3 is 0 Å². The van der Waals surface area contributed by atoms with Crippen molar-refractivity contribution in [3.05, 3.63) is 0 Å². The molecule has 0 aromatic carbocycles. The molecule has 0 amide bonds. The first-order chi connectivity index (χ1) is 7.54. The number of rotatable bonds is 6. The molecule has 2 atom stereocenters. The lowest BCUT2D eigenvalue weighted by Crippen LogP contribution is -2.42. The molecule has 0 aromatic heterocycles. The zero-order valence-corrected chi connectivity index (χ0v) is 11.5. The highest BCUT2D eigenvalue weighted by Gasteiger charge is 2.35. The van der Waals surface area contributed by atoms with Crippen molar-refractivity contribution in [3.63, 3.8) is 0 Å². The SMILES string of the molecule is CCNC(C(CC)CC)C1CCS(=O)(=O)C1. The predicted molar refractivity (Wildman–Crippen MR) is 68.3 cm³/mol. The third-order valence-corrected chi connectivity index (χ3v) is 5.57. The molecule has 1 fully saturated rings. The Morgan fingerprint density at radius 3 is 2.25 bits per heavy atom. The predicted octanol–water partition coefficient (Wildman–Crippen LogP) is 1.84. The molecule has 0 bridgehead atoms. The Bertz CT molecular complexity index is 296. The minimum atomic E-state index is -2.75. The van der Waals surface area contributed by atoms with E-state index in [1.54, 1.807) is 0 Å². The summed E-state index contributed by atoms with van der Waals surface area (Å²) < 4.78 is 23.0. The van der Waals surface area contributed by atoms with Gasteiger partial charge in [0.15, 0.2) is 9.84 Å². The van der Waals surface area contributed by atoms with E-state index in [1.165, 1.54) is 0 Å². The summed E-state index contributed by atoms with van der Waals surface area (Å²) in [4.78, 5) is 0. The molecule has 4 heteroatoms. The topological polar surface area (TPSA) is 46.2 Å². The molecule has 96 valence electrons. The van der Waals surface area contributed by atoms with Crippen molar-refractivity contribution < 1.29 is 8.42 Å². The van der Waals surface area contributed by atoms with Crippen molar-refractivity contribution in [2.45, 2.75) is 46.1 Å². The van der Waals surface area contributed by atoms with E-state index in [4.69, 9.17) is 0 Å². The summed E-state index contributed by atoms with van der Waals surface area (Å²) in [6.07, 6.45) is 3.10. The average molecular weight is 247 g/mol. The largest absolute Gasteiger partial charge is 0.314 e. The van der Waals surface area contributed by atoms with Crippen LogP contribution in [0.1, 0.15) is 40.0 Å². The maximum atomic E-state index is 11.5. The zero-order valence-electron chi connectivity index (χ0n) is 10.7. The molecule has 0 aliphatic carbocycles. The van der Waals surface area contributed by atoms with Gasteiger partial charge in [0.1, 0.15) is 0 Å². The van der Waals surface area contributed by atoms with E-state index in [-0.39, 0.29) is 0 Å². The van der Waals surface area contributed by atoms with E-state index in [0.29, 0.717) is 29.4 Å². The molecular formula is C12H25NO2S. The Morgan fingerprint density at radius 1 is 1.25 bits per heavy atom. The maximum absolute atomic E-state index is 11.5. The molecule has 2 unspecified atom stereocenters. The van der Waals surface area contributed by atoms with Crippen LogP contribution in [0.25, 0.3) is 0 Å². The van der Waals surface area contributed by atoms with Crippen LogP contribution in [0.3, 0.4) is 0 Å². The van der Waals surface area contributed by atoms with E-state index in [0.717, 1.165) is 25.8 Å². The molecule has 1 aliphatic heterocycles. The molecule has 0 aromatic rings. The van der Waals surface area contributed by atoms with Crippen LogP contribution >= 0.6 is 0 Å². The van der Waals surface area contributed by atoms with Gasteiger partial charge in [-0.3, -0.25) is 0 Å². The standard InChI is InChI=1S/C12H25NO2S/c1-4-10(5-2)12(13-6-3)11-7-8-16(14,15)9-11/h10-13H,4-9H2,1-3H3. The second-order valence-electron chi connectivity index (χ2n) is 4.82. The van der Waals surface area contributed by atoms with Crippen LogP contribution in [0.2, 0.25) is 0 Å². The van der Waals surface area contributed by atoms with Gasteiger partial charge in [-0.25, -0.2) is 8.42 Å². The summed E-state index contributed by atoms with van der Waals surface area (Å²) in [5, 5.41) is 3.50. The fraction of sp³-hybridized carbons (Fsp3) is 1.00. The van der Waals surface area contributed by atoms with Gasteiger partial charge < -0.3 is 5.32 Å². The van der Waals surface area contributed by atoms with E-state index < -0.39 is 9.84 Å². The molecular weight excluding hydrogens is 222 g/mol. The minimum Gasteiger partial charge on any atom is -0.314 e. The van der Waals surface area contributed by atoms with Gasteiger partial charge in [0.2, 0.25) is 0 Å². The van der Waals surface area contributed by atoms with Crippen molar-refractivity contribution in [1.29, 1.82) is 0 Å². The molecule has 1 N–H and O–H groups in total. The van der Waals surface area contributed by atoms with Crippen LogP contribution < -0.4 is 5.32 Å². The highest BCUT2D eigenvalue weighted by molar-refractivity contribution is 7.91. The molecule has 0 radical (unpaired) electrons. The van der Waals surface area contributed by atoms with Gasteiger partial charge in [0.25, 0.3) is 0 Å². The molecule has 1 aliphatic rings. The number of hydrogen-bond acceptors (Lipinski definition) is 3. The summed E-state index contributed by atoms with van der Waals surface area (Å²) in [6, 6.07) is 0.386. The lowest BCUT2D eigenvalue weighted by molar-refractivity contribution is 0.263. The van der Waals surface area contributed by atoms with Crippen LogP contribution in [0.4, 0.5) is 0 Å². The summed E-state index contributed by atoms with van der Waals surface area (Å²) in [6.45, 7) is 7.42. The lowest BCUT2D eigenvalue weighted by atomic mass is 9.84. The Balaban J connectivity index is 2.70. The fourth-order valence-electron chi connectivity index (χ4n) is 2.86. The Morgan fingerprint density at radius 2 is 1.88 bits per heavy atom. The van der Waals surface area contributed by atoms with Gasteiger partial charge in [-0.2, -0.15) is 0 Å². The molecule has 0 spiro atoms.